The molecule has 0 bridgehead atoms. The van der Waals surface area contributed by atoms with Crippen LogP contribution in [0.5, 0.6) is 0 Å². The average Bonchev–Trinajstić information content (AvgIpc) is 2.42. The molecule has 0 saturated carbocycles. The lowest BCUT2D eigenvalue weighted by molar-refractivity contribution is 0.167. The Morgan fingerprint density at radius 2 is 1.80 bits per heavy atom. The first-order valence-electron chi connectivity index (χ1n) is 7.81. The average molecular weight is 275 g/mol. The third-order valence-electron chi connectivity index (χ3n) is 4.14. The summed E-state index contributed by atoms with van der Waals surface area (Å²) >= 11 is 0. The van der Waals surface area contributed by atoms with Crippen molar-refractivity contribution in [3.63, 3.8) is 0 Å². The van der Waals surface area contributed by atoms with Crippen molar-refractivity contribution >= 4 is 5.69 Å². The number of benzene rings is 1. The lowest BCUT2D eigenvalue weighted by Crippen LogP contribution is -2.39. The maximum atomic E-state index is 3.51. The zero-order chi connectivity index (χ0) is 14.4. The Bertz CT molecular complexity index is 378. The predicted molar refractivity (Wildman–Crippen MR) is 87.4 cm³/mol. The van der Waals surface area contributed by atoms with Crippen molar-refractivity contribution in [2.24, 2.45) is 5.92 Å². The quantitative estimate of drug-likeness (QED) is 0.861. The highest BCUT2D eigenvalue weighted by atomic mass is 15.1. The Balaban J connectivity index is 1.62. The van der Waals surface area contributed by atoms with Crippen LogP contribution in [-0.4, -0.2) is 56.6 Å². The van der Waals surface area contributed by atoms with E-state index < -0.39 is 0 Å². The lowest BCUT2D eigenvalue weighted by atomic mass is 9.96. The van der Waals surface area contributed by atoms with Crippen molar-refractivity contribution < 1.29 is 0 Å². The molecule has 1 aliphatic heterocycles. The van der Waals surface area contributed by atoms with Crippen molar-refractivity contribution in [2.75, 3.05) is 52.1 Å². The van der Waals surface area contributed by atoms with Gasteiger partial charge >= 0.3 is 0 Å². The van der Waals surface area contributed by atoms with E-state index in [1.807, 2.05) is 0 Å². The summed E-state index contributed by atoms with van der Waals surface area (Å²) in [6, 6.07) is 8.65. The van der Waals surface area contributed by atoms with Crippen LogP contribution in [0.15, 0.2) is 24.3 Å². The number of rotatable bonds is 6. The molecule has 0 aromatic heterocycles. The first-order valence-corrected chi connectivity index (χ1v) is 7.81. The minimum atomic E-state index is 0.895. The summed E-state index contributed by atoms with van der Waals surface area (Å²) in [5.74, 6) is 0.895. The molecule has 1 aromatic carbocycles. The van der Waals surface area contributed by atoms with Crippen LogP contribution in [0.2, 0.25) is 0 Å². The first-order chi connectivity index (χ1) is 9.63. The molecular formula is C17H29N3. The Kier molecular flexibility index (Phi) is 5.86. The number of anilines is 1. The Morgan fingerprint density at radius 1 is 1.15 bits per heavy atom. The lowest BCUT2D eigenvalue weighted by Gasteiger charge is -2.33. The highest BCUT2D eigenvalue weighted by Crippen LogP contribution is 2.17. The second kappa shape index (κ2) is 7.65. The Labute approximate surface area is 124 Å². The molecular weight excluding hydrogens is 246 g/mol. The van der Waals surface area contributed by atoms with Crippen molar-refractivity contribution in [3.8, 4) is 0 Å². The maximum absolute atomic E-state index is 3.51. The molecule has 0 unspecified atom stereocenters. The molecule has 1 aliphatic rings. The van der Waals surface area contributed by atoms with Crippen molar-refractivity contribution in [1.82, 2.24) is 9.80 Å². The topological polar surface area (TPSA) is 18.5 Å². The van der Waals surface area contributed by atoms with Gasteiger partial charge in [-0.1, -0.05) is 17.7 Å². The zero-order valence-corrected chi connectivity index (χ0v) is 13.2. The van der Waals surface area contributed by atoms with Gasteiger partial charge in [-0.3, -0.25) is 0 Å². The van der Waals surface area contributed by atoms with Gasteiger partial charge in [-0.15, -0.1) is 0 Å². The molecule has 0 radical (unpaired) electrons. The van der Waals surface area contributed by atoms with Crippen molar-refractivity contribution in [1.29, 1.82) is 0 Å². The van der Waals surface area contributed by atoms with E-state index in [-0.39, 0.29) is 0 Å². The fourth-order valence-electron chi connectivity index (χ4n) is 2.94. The van der Waals surface area contributed by atoms with Gasteiger partial charge in [0.1, 0.15) is 0 Å². The van der Waals surface area contributed by atoms with Crippen LogP contribution in [0.3, 0.4) is 0 Å². The van der Waals surface area contributed by atoms with Gasteiger partial charge in [0.05, 0.1) is 0 Å². The molecule has 0 amide bonds. The molecule has 112 valence electrons. The fraction of sp³-hybridized carbons (Fsp3) is 0.647. The summed E-state index contributed by atoms with van der Waals surface area (Å²) in [6.45, 7) is 8.09. The largest absolute Gasteiger partial charge is 0.384 e. The van der Waals surface area contributed by atoms with Crippen LogP contribution >= 0.6 is 0 Å². The van der Waals surface area contributed by atoms with Crippen LogP contribution in [0.4, 0.5) is 5.69 Å². The van der Waals surface area contributed by atoms with Gasteiger partial charge in [0.15, 0.2) is 0 Å². The molecule has 1 saturated heterocycles. The van der Waals surface area contributed by atoms with E-state index in [0.717, 1.165) is 19.0 Å². The van der Waals surface area contributed by atoms with Gasteiger partial charge < -0.3 is 15.1 Å². The molecule has 20 heavy (non-hydrogen) atoms. The molecule has 1 fully saturated rings. The highest BCUT2D eigenvalue weighted by Gasteiger charge is 2.18. The number of aryl methyl sites for hydroxylation is 1. The standard InChI is InChI=1S/C17H29N3/c1-15-4-6-17(7-5-15)18-10-13-20-11-8-16(9-12-20)14-19(2)3/h4-7,16,18H,8-14H2,1-3H3. The minimum Gasteiger partial charge on any atom is -0.384 e. The van der Waals surface area contributed by atoms with Crippen LogP contribution in [0, 0.1) is 12.8 Å². The van der Waals surface area contributed by atoms with Gasteiger partial charge in [-0.25, -0.2) is 0 Å². The highest BCUT2D eigenvalue weighted by molar-refractivity contribution is 5.44. The van der Waals surface area contributed by atoms with Crippen LogP contribution in [0.25, 0.3) is 0 Å². The Morgan fingerprint density at radius 3 is 2.40 bits per heavy atom. The van der Waals surface area contributed by atoms with E-state index >= 15 is 0 Å². The third-order valence-corrected chi connectivity index (χ3v) is 4.14. The SMILES string of the molecule is Cc1ccc(NCCN2CCC(CN(C)C)CC2)cc1. The third kappa shape index (κ3) is 5.14. The van der Waals surface area contributed by atoms with Crippen LogP contribution in [-0.2, 0) is 0 Å². The van der Waals surface area contributed by atoms with E-state index in [1.165, 1.54) is 43.7 Å². The zero-order valence-electron chi connectivity index (χ0n) is 13.2. The maximum Gasteiger partial charge on any atom is 0.0340 e. The second-order valence-electron chi connectivity index (χ2n) is 6.34. The number of likely N-dealkylation sites (tertiary alicyclic amines) is 1. The molecule has 0 aliphatic carbocycles. The molecule has 0 atom stereocenters. The summed E-state index contributed by atoms with van der Waals surface area (Å²) in [6.07, 6.45) is 2.70. The Hall–Kier alpha value is -1.06. The molecule has 3 nitrogen and oxygen atoms in total. The van der Waals surface area contributed by atoms with Gasteiger partial charge in [0.25, 0.3) is 0 Å². The van der Waals surface area contributed by atoms with Gasteiger partial charge in [-0.2, -0.15) is 0 Å². The number of nitrogens with one attached hydrogen (secondary N) is 1. The number of hydrogen-bond acceptors (Lipinski definition) is 3. The van der Waals surface area contributed by atoms with Crippen LogP contribution < -0.4 is 5.32 Å². The summed E-state index contributed by atoms with van der Waals surface area (Å²) < 4.78 is 0. The molecule has 1 N–H and O–H groups in total. The van der Waals surface area contributed by atoms with Crippen LogP contribution in [0.1, 0.15) is 18.4 Å². The molecule has 0 spiro atoms. The molecule has 1 heterocycles. The van der Waals surface area contributed by atoms with E-state index in [1.54, 1.807) is 0 Å². The smallest absolute Gasteiger partial charge is 0.0340 e. The summed E-state index contributed by atoms with van der Waals surface area (Å²) in [4.78, 5) is 4.91. The van der Waals surface area contributed by atoms with E-state index in [0.29, 0.717) is 0 Å². The fourth-order valence-corrected chi connectivity index (χ4v) is 2.94. The number of hydrogen-bond donors (Lipinski definition) is 1. The summed E-state index contributed by atoms with van der Waals surface area (Å²) in [5.41, 5.74) is 2.55. The van der Waals surface area contributed by atoms with E-state index in [2.05, 4.69) is 60.4 Å². The first kappa shape index (κ1) is 15.3. The normalized spacial score (nSPS) is 17.6. The molecule has 1 aromatic rings. The van der Waals surface area contributed by atoms with Gasteiger partial charge in [0.2, 0.25) is 0 Å². The summed E-state index contributed by atoms with van der Waals surface area (Å²) in [5, 5.41) is 3.51. The minimum absolute atomic E-state index is 0.895. The predicted octanol–water partition coefficient (Wildman–Crippen LogP) is 2.68. The van der Waals surface area contributed by atoms with Gasteiger partial charge in [0, 0.05) is 25.3 Å². The number of nitrogens with zero attached hydrogens (tertiary/aromatic N) is 2. The summed E-state index contributed by atoms with van der Waals surface area (Å²) in [7, 11) is 4.36. The second-order valence-corrected chi connectivity index (χ2v) is 6.34. The van der Waals surface area contributed by atoms with E-state index in [4.69, 9.17) is 0 Å². The monoisotopic (exact) mass is 275 g/mol. The number of piperidine rings is 1. The van der Waals surface area contributed by atoms with E-state index in [9.17, 15) is 0 Å². The molecule has 2 rings (SSSR count). The van der Waals surface area contributed by atoms with Crippen molar-refractivity contribution in [2.45, 2.75) is 19.8 Å². The molecule has 3 heteroatoms. The van der Waals surface area contributed by atoms with Gasteiger partial charge in [-0.05, 0) is 65.0 Å². The van der Waals surface area contributed by atoms with Crippen molar-refractivity contribution in [3.05, 3.63) is 29.8 Å².